The van der Waals surface area contributed by atoms with Crippen LogP contribution in [0.3, 0.4) is 0 Å². The molecule has 0 aromatic heterocycles. The van der Waals surface area contributed by atoms with E-state index in [0.717, 1.165) is 0 Å². The summed E-state index contributed by atoms with van der Waals surface area (Å²) in [5, 5.41) is 0. The van der Waals surface area contributed by atoms with Gasteiger partial charge in [0.25, 0.3) is 5.91 Å². The number of primary amides is 1. The zero-order valence-electron chi connectivity index (χ0n) is 25.6. The molecule has 0 unspecified atom stereocenters. The van der Waals surface area contributed by atoms with Crippen LogP contribution in [0.2, 0.25) is 0 Å². The number of rotatable bonds is 24. The lowest BCUT2D eigenvalue weighted by Gasteiger charge is -2.43. The van der Waals surface area contributed by atoms with Gasteiger partial charge in [0.2, 0.25) is 0 Å². The number of hydrogen-bond donors (Lipinski definition) is 9. The van der Waals surface area contributed by atoms with Crippen LogP contribution in [0.5, 0.6) is 0 Å². The Morgan fingerprint density at radius 3 is 1.29 bits per heavy atom. The lowest BCUT2D eigenvalue weighted by Crippen LogP contribution is -2.63. The molecule has 1 aliphatic heterocycles. The summed E-state index contributed by atoms with van der Waals surface area (Å²) in [6.07, 6.45) is -30.5. The minimum absolute atomic E-state index is 1.92. The van der Waals surface area contributed by atoms with Crippen LogP contribution in [0, 0.1) is 0 Å². The first kappa shape index (κ1) is 52.4. The molecule has 56 heavy (non-hydrogen) atoms. The Kier molecular flexibility index (Phi) is 17.5. The molecule has 0 radical (unpaired) electrons. The summed E-state index contributed by atoms with van der Waals surface area (Å²) < 4.78 is 299. The maximum atomic E-state index is 12.0. The first-order valence-electron chi connectivity index (χ1n) is 12.3. The topological polar surface area (TPSA) is 570 Å². The van der Waals surface area contributed by atoms with E-state index in [4.69, 9.17) is 24.3 Å². The third kappa shape index (κ3) is 21.4. The number of amides is 1. The highest BCUT2D eigenvalue weighted by Gasteiger charge is 2.55. The van der Waals surface area contributed by atoms with E-state index < -0.39 is 157 Å². The fraction of sp³-hybridized carbons (Fsp3) is 0.917. The van der Waals surface area contributed by atoms with Crippen molar-refractivity contribution in [3.63, 3.8) is 0 Å². The van der Waals surface area contributed by atoms with Crippen molar-refractivity contribution in [3.05, 3.63) is 0 Å². The molecule has 0 aromatic carbocycles. The fourth-order valence-electron chi connectivity index (χ4n) is 3.85. The molecule has 1 heterocycles. The normalized spacial score (nSPS) is 24.5. The molecule has 1 saturated heterocycles. The van der Waals surface area contributed by atoms with Crippen molar-refractivity contribution >= 4 is 89.1 Å². The number of carbonyl (C=O) groups excluding carboxylic acids is 1. The maximum Gasteiger partial charge on any atom is 0.398 e. The molecule has 0 saturated carbocycles. The number of carbonyl (C=O) groups is 1. The maximum absolute atomic E-state index is 12.0. The van der Waals surface area contributed by atoms with Crippen LogP contribution >= 0.6 is 0 Å². The molecule has 1 rings (SSSR count). The summed E-state index contributed by atoms with van der Waals surface area (Å²) >= 11 is 0. The van der Waals surface area contributed by atoms with Gasteiger partial charge < -0.3 is 15.2 Å². The Labute approximate surface area is 313 Å². The zero-order chi connectivity index (χ0) is 44.3. The monoisotopic (exact) mass is 997 g/mol. The molecule has 10 N–H and O–H groups in total. The molecule has 0 aromatic rings. The van der Waals surface area contributed by atoms with Gasteiger partial charge in [0.15, 0.2) is 18.5 Å². The Bertz CT molecular complexity index is 2300. The second kappa shape index (κ2) is 18.7. The molecular weight excluding hydrogens is 975 g/mol. The van der Waals surface area contributed by atoms with Gasteiger partial charge in [-0.1, -0.05) is 0 Å². The van der Waals surface area contributed by atoms with Gasteiger partial charge in [-0.05, 0) is 0 Å². The van der Waals surface area contributed by atoms with E-state index in [1.54, 1.807) is 0 Å². The van der Waals surface area contributed by atoms with Gasteiger partial charge >= 0.3 is 83.2 Å². The Morgan fingerprint density at radius 1 is 0.518 bits per heavy atom. The van der Waals surface area contributed by atoms with Crippen molar-refractivity contribution in [2.45, 2.75) is 55.1 Å². The summed E-state index contributed by atoms with van der Waals surface area (Å²) in [7, 11) is -49.1. The minimum atomic E-state index is -6.35. The molecule has 0 spiro atoms. The number of nitrogens with two attached hydrogens (primary N) is 1. The van der Waals surface area contributed by atoms with E-state index in [0.29, 0.717) is 0 Å². The van der Waals surface area contributed by atoms with E-state index in [1.807, 2.05) is 0 Å². The van der Waals surface area contributed by atoms with Gasteiger partial charge in [0.05, 0.1) is 13.2 Å². The average Bonchev–Trinajstić information content (AvgIpc) is 2.88. The Morgan fingerprint density at radius 2 is 0.911 bits per heavy atom. The lowest BCUT2D eigenvalue weighted by atomic mass is 9.99. The zero-order valence-corrected chi connectivity index (χ0v) is 32.1. The SMILES string of the molecule is NC(=O)[C@H](OS(=O)(=O)O)[C@@H](OS(=O)(=O)O)[C@H](OS(=O)(=O)O)[C@@H](CO[C@H]1O[C@H](COS(=O)(=O)O)[C@H](OS(=O)(=O)O)[C@H](OS(=O)(=O)O)[C@H]1OS(=O)(=O)O)OS(=O)(=O)O. The van der Waals surface area contributed by atoms with Crippen molar-refractivity contribution in [3.8, 4) is 0 Å². The predicted octanol–water partition coefficient (Wildman–Crippen LogP) is -7.65. The third-order valence-electron chi connectivity index (χ3n) is 5.30. The lowest BCUT2D eigenvalue weighted by molar-refractivity contribution is -0.291. The quantitative estimate of drug-likeness (QED) is 0.0406. The summed E-state index contributed by atoms with van der Waals surface area (Å²) in [4.78, 5) is 12.0. The van der Waals surface area contributed by atoms with E-state index in [-0.39, 0.29) is 0 Å². The molecule has 0 aliphatic carbocycles. The molecule has 1 fully saturated rings. The van der Waals surface area contributed by atoms with Gasteiger partial charge in [0.1, 0.15) is 36.6 Å². The van der Waals surface area contributed by atoms with Crippen LogP contribution in [-0.2, 0) is 131 Å². The molecule has 36 nitrogen and oxygen atoms in total. The second-order valence-electron chi connectivity index (χ2n) is 9.44. The highest BCUT2D eigenvalue weighted by Crippen LogP contribution is 2.33. The average molecular weight is 998 g/mol. The largest absolute Gasteiger partial charge is 0.398 e. The van der Waals surface area contributed by atoms with Crippen molar-refractivity contribution in [1.82, 2.24) is 0 Å². The summed E-state index contributed by atoms with van der Waals surface area (Å²) in [6.45, 7) is -4.20. The van der Waals surface area contributed by atoms with Gasteiger partial charge in [0, 0.05) is 0 Å². The smallest absolute Gasteiger partial charge is 0.367 e. The second-order valence-corrected chi connectivity index (χ2v) is 17.9. The van der Waals surface area contributed by atoms with Crippen LogP contribution in [0.25, 0.3) is 0 Å². The van der Waals surface area contributed by atoms with Crippen LogP contribution < -0.4 is 5.73 Å². The van der Waals surface area contributed by atoms with Gasteiger partial charge in [-0.3, -0.25) is 41.2 Å². The third-order valence-corrected chi connectivity index (χ3v) is 9.00. The molecule has 1 amide bonds. The highest BCUT2D eigenvalue weighted by atomic mass is 32.3. The van der Waals surface area contributed by atoms with Crippen LogP contribution in [0.4, 0.5) is 0 Å². The van der Waals surface area contributed by atoms with Crippen molar-refractivity contribution in [2.75, 3.05) is 13.2 Å². The Hall–Kier alpha value is -1.65. The minimum Gasteiger partial charge on any atom is -0.367 e. The molecule has 334 valence electrons. The van der Waals surface area contributed by atoms with E-state index in [9.17, 15) is 99.5 Å². The van der Waals surface area contributed by atoms with Crippen molar-refractivity contribution in [2.24, 2.45) is 5.73 Å². The highest BCUT2D eigenvalue weighted by molar-refractivity contribution is 7.82. The van der Waals surface area contributed by atoms with Crippen LogP contribution in [-0.4, -0.2) is 178 Å². The molecule has 0 bridgehead atoms. The fourth-order valence-corrected chi connectivity index (χ4v) is 7.60. The Balaban J connectivity index is 4.19. The molecular formula is C12H23NO35S8. The predicted molar refractivity (Wildman–Crippen MR) is 156 cm³/mol. The van der Waals surface area contributed by atoms with Crippen molar-refractivity contribution in [1.29, 1.82) is 0 Å². The number of hydrogen-bond acceptors (Lipinski definition) is 27. The molecule has 9 atom stereocenters. The standard InChI is InChI=1S/C12H23NO35S8/c13-11(14)9(47-55(33,34)35)7(45-53(27,28)29)6(44-52(24,25)26)4(42-50(18,19)20)1-39-12-10(48-56(36,37)38)8(46-54(30,31)32)5(43-51(21,22)23)3(41-12)2-40-49(15,16)17/h3-10,12H,1-2H2,(H2,13,14)(H,15,16,17)(H,18,19,20)(H,21,22,23)(H,24,25,26)(H,27,28,29)(H,30,31,32)(H,33,34,35)(H,36,37,38)/t3-,4-,5+,6-,7+,8+,9-,10-,12+/m1/s1. The number of ether oxygens (including phenoxy) is 2. The van der Waals surface area contributed by atoms with E-state index in [1.165, 1.54) is 0 Å². The van der Waals surface area contributed by atoms with E-state index >= 15 is 0 Å². The summed E-state index contributed by atoms with van der Waals surface area (Å²) in [5.41, 5.74) is 4.81. The first-order chi connectivity index (χ1) is 24.5. The van der Waals surface area contributed by atoms with Crippen LogP contribution in [0.15, 0.2) is 0 Å². The summed E-state index contributed by atoms with van der Waals surface area (Å²) in [5.74, 6) is -2.40. The first-order valence-corrected chi connectivity index (χ1v) is 23.2. The van der Waals surface area contributed by atoms with Gasteiger partial charge in [-0.25, -0.2) is 33.5 Å². The van der Waals surface area contributed by atoms with Gasteiger partial charge in [-0.15, -0.1) is 0 Å². The molecule has 44 heteroatoms. The van der Waals surface area contributed by atoms with Crippen LogP contribution in [0.1, 0.15) is 0 Å². The van der Waals surface area contributed by atoms with Gasteiger partial charge in [-0.2, -0.15) is 67.3 Å². The molecule has 1 aliphatic rings. The van der Waals surface area contributed by atoms with E-state index in [2.05, 4.69) is 33.5 Å². The summed E-state index contributed by atoms with van der Waals surface area (Å²) in [6, 6.07) is 0. The van der Waals surface area contributed by atoms with Crippen molar-refractivity contribution < 1.29 is 151 Å².